The fourth-order valence-electron chi connectivity index (χ4n) is 5.88. The second kappa shape index (κ2) is 25.6. The first kappa shape index (κ1) is 46.7. The number of carbonyl (C=O) groups is 2. The van der Waals surface area contributed by atoms with E-state index in [1.807, 2.05) is 101 Å². The number of amides is 2. The summed E-state index contributed by atoms with van der Waals surface area (Å²) in [5, 5.41) is 61.1. The van der Waals surface area contributed by atoms with Gasteiger partial charge in [0.2, 0.25) is 11.8 Å². The molecular weight excluding hydrogens is 704 g/mol. The van der Waals surface area contributed by atoms with Crippen LogP contribution in [-0.2, 0) is 9.59 Å². The standard InChI is InChI=1S/C18H29NO3.C17H28N2O3.C6H5N3O2/c1-4-8-13(2)18(22)16(20)11-12-17(21)19-14(3)15-9-6-5-7-10-15;1-3-7-14(18)17(22)15(20)10-11-16(21)19-12(2)13-8-5-4-6-9-13;10-11-9-6-4-2-1-3-5(6)7-8-9/h5-7,9-10,13-14,16,18,20,22H,4,8,11-12H2,1-3H3,(H,19,21);4-6,8-9,12,14-15,17,20,22H,3,7,10-11,18H2,1-2H3,(H,19,21);1-4,10H/t13?,14-,16-,18?;12-,14?,15-,17?;/m11./s1. The number of nitrogens with zero attached hydrogens (tertiary/aromatic N) is 3. The number of hydrogen-bond donors (Lipinski definition) is 8. The number of hydrogen-bond acceptors (Lipinski definition) is 11. The Morgan fingerprint density at radius 2 is 1.15 bits per heavy atom. The molecule has 2 amide bonds. The fourth-order valence-corrected chi connectivity index (χ4v) is 5.88. The molecule has 4 unspecified atom stereocenters. The van der Waals surface area contributed by atoms with Crippen LogP contribution in [0.15, 0.2) is 84.9 Å². The third-order valence-corrected chi connectivity index (χ3v) is 9.26. The highest BCUT2D eigenvalue weighted by Crippen LogP contribution is 2.18. The summed E-state index contributed by atoms with van der Waals surface area (Å²) in [6, 6.07) is 26.0. The van der Waals surface area contributed by atoms with Crippen molar-refractivity contribution in [1.29, 1.82) is 0 Å². The van der Waals surface area contributed by atoms with Gasteiger partial charge >= 0.3 is 0 Å². The van der Waals surface area contributed by atoms with Crippen LogP contribution >= 0.6 is 0 Å². The summed E-state index contributed by atoms with van der Waals surface area (Å²) in [5.74, 6) is -0.205. The molecule has 55 heavy (non-hydrogen) atoms. The zero-order valence-electron chi connectivity index (χ0n) is 32.7. The Morgan fingerprint density at radius 3 is 1.62 bits per heavy atom. The number of rotatable bonds is 19. The highest BCUT2D eigenvalue weighted by Gasteiger charge is 2.24. The lowest BCUT2D eigenvalue weighted by molar-refractivity contribution is -0.250. The molecule has 14 heteroatoms. The Balaban J connectivity index is 0.000000300. The normalized spacial score (nSPS) is 15.3. The Kier molecular flexibility index (Phi) is 21.7. The monoisotopic (exact) mass is 766 g/mol. The molecule has 0 bridgehead atoms. The molecule has 0 fully saturated rings. The molecule has 1 aromatic heterocycles. The number of para-hydroxylation sites is 1. The zero-order valence-corrected chi connectivity index (χ0v) is 32.7. The van der Waals surface area contributed by atoms with Gasteiger partial charge in [-0.2, -0.15) is 5.26 Å². The second-order valence-corrected chi connectivity index (χ2v) is 13.8. The van der Waals surface area contributed by atoms with Gasteiger partial charge in [-0.05, 0) is 78.8 Å². The molecule has 0 saturated heterocycles. The maximum absolute atomic E-state index is 11.9. The van der Waals surface area contributed by atoms with E-state index in [2.05, 4.69) is 25.9 Å². The van der Waals surface area contributed by atoms with Gasteiger partial charge < -0.3 is 36.8 Å². The van der Waals surface area contributed by atoms with Gasteiger partial charge in [0, 0.05) is 18.9 Å². The number of aliphatic hydroxyl groups is 4. The van der Waals surface area contributed by atoms with E-state index >= 15 is 0 Å². The molecule has 0 saturated carbocycles. The quantitative estimate of drug-likeness (QED) is 0.0485. The van der Waals surface area contributed by atoms with Gasteiger partial charge in [-0.1, -0.05) is 106 Å². The summed E-state index contributed by atoms with van der Waals surface area (Å²) in [4.78, 5) is 28.7. The first-order valence-corrected chi connectivity index (χ1v) is 19.1. The minimum Gasteiger partial charge on any atom is -0.390 e. The van der Waals surface area contributed by atoms with Crippen LogP contribution in [0.2, 0.25) is 0 Å². The molecule has 0 aliphatic carbocycles. The van der Waals surface area contributed by atoms with Crippen LogP contribution in [0.3, 0.4) is 0 Å². The summed E-state index contributed by atoms with van der Waals surface area (Å²) in [6.45, 7) is 9.79. The number of fused-ring (bicyclic) bond motifs is 1. The topological polar surface area (TPSA) is 225 Å². The van der Waals surface area contributed by atoms with Crippen LogP contribution in [-0.4, -0.2) is 83.1 Å². The summed E-state index contributed by atoms with van der Waals surface area (Å²) >= 11 is 0. The van der Waals surface area contributed by atoms with Gasteiger partial charge in [0.05, 0.1) is 36.5 Å². The first-order chi connectivity index (χ1) is 26.3. The van der Waals surface area contributed by atoms with Crippen molar-refractivity contribution in [1.82, 2.24) is 25.8 Å². The van der Waals surface area contributed by atoms with Crippen molar-refractivity contribution in [2.45, 2.75) is 129 Å². The number of benzene rings is 3. The van der Waals surface area contributed by atoms with Gasteiger partial charge in [-0.25, -0.2) is 4.99 Å². The van der Waals surface area contributed by atoms with E-state index in [0.717, 1.165) is 35.2 Å². The van der Waals surface area contributed by atoms with Crippen molar-refractivity contribution >= 4 is 22.8 Å². The number of aromatic nitrogens is 3. The van der Waals surface area contributed by atoms with Gasteiger partial charge in [0.25, 0.3) is 0 Å². The van der Waals surface area contributed by atoms with E-state index in [9.17, 15) is 30.0 Å². The molecular formula is C41H62N6O8. The molecule has 9 N–H and O–H groups in total. The molecule has 14 nitrogen and oxygen atoms in total. The minimum atomic E-state index is -0.987. The Hall–Kier alpha value is -4.44. The number of aliphatic hydroxyl groups excluding tert-OH is 4. The molecule has 0 radical (unpaired) electrons. The molecule has 3 aromatic carbocycles. The molecule has 0 spiro atoms. The Morgan fingerprint density at radius 1 is 0.691 bits per heavy atom. The van der Waals surface area contributed by atoms with Crippen molar-refractivity contribution in [3.05, 3.63) is 96.1 Å². The van der Waals surface area contributed by atoms with Crippen LogP contribution in [0.25, 0.3) is 11.0 Å². The van der Waals surface area contributed by atoms with Crippen LogP contribution in [0.5, 0.6) is 0 Å². The largest absolute Gasteiger partial charge is 0.390 e. The summed E-state index contributed by atoms with van der Waals surface area (Å²) in [6.07, 6.45) is 0.624. The average Bonchev–Trinajstić information content (AvgIpc) is 3.63. The lowest BCUT2D eigenvalue weighted by atomic mass is 9.93. The summed E-state index contributed by atoms with van der Waals surface area (Å²) in [7, 11) is 0. The van der Waals surface area contributed by atoms with Crippen LogP contribution in [0, 0.1) is 5.92 Å². The lowest BCUT2D eigenvalue weighted by Gasteiger charge is -2.23. The van der Waals surface area contributed by atoms with Crippen LogP contribution < -0.4 is 21.4 Å². The first-order valence-electron chi connectivity index (χ1n) is 19.1. The molecule has 8 atom stereocenters. The minimum absolute atomic E-state index is 0.0475. The molecule has 4 aromatic rings. The van der Waals surface area contributed by atoms with Gasteiger partial charge in [-0.15, -0.1) is 5.10 Å². The molecule has 304 valence electrons. The van der Waals surface area contributed by atoms with E-state index in [0.29, 0.717) is 17.5 Å². The highest BCUT2D eigenvalue weighted by atomic mass is 17.2. The SMILES string of the molecule is CCCC(C)C(O)[C@H](O)CCC(=O)N[C@H](C)c1ccccc1.CCCC(N)C(O)[C@H](O)CCC(=O)N[C@H](C)c1ccccc1.OOn1nnc2ccccc21. The van der Waals surface area contributed by atoms with E-state index < -0.39 is 30.5 Å². The fraction of sp³-hybridized carbons (Fsp3) is 0.512. The molecule has 4 rings (SSSR count). The molecule has 0 aliphatic heterocycles. The van der Waals surface area contributed by atoms with E-state index in [1.54, 1.807) is 18.2 Å². The maximum Gasteiger partial charge on any atom is 0.220 e. The number of carbonyl (C=O) groups excluding carboxylic acids is 2. The van der Waals surface area contributed by atoms with Crippen molar-refractivity contribution in [3.8, 4) is 0 Å². The summed E-state index contributed by atoms with van der Waals surface area (Å²) < 4.78 is 0. The average molecular weight is 767 g/mol. The Labute approximate surface area is 324 Å². The molecule has 1 heterocycles. The van der Waals surface area contributed by atoms with Crippen molar-refractivity contribution in [2.24, 2.45) is 11.7 Å². The second-order valence-electron chi connectivity index (χ2n) is 13.8. The molecule has 0 aliphatic rings. The van der Waals surface area contributed by atoms with Crippen LogP contribution in [0.1, 0.15) is 109 Å². The van der Waals surface area contributed by atoms with Crippen molar-refractivity contribution in [2.75, 3.05) is 0 Å². The van der Waals surface area contributed by atoms with Gasteiger partial charge in [0.15, 0.2) is 0 Å². The smallest absolute Gasteiger partial charge is 0.220 e. The highest BCUT2D eigenvalue weighted by molar-refractivity contribution is 5.77. The Bertz CT molecular complexity index is 1550. The van der Waals surface area contributed by atoms with Crippen molar-refractivity contribution in [3.63, 3.8) is 0 Å². The zero-order chi connectivity index (χ0) is 40.8. The third kappa shape index (κ3) is 16.9. The predicted molar refractivity (Wildman–Crippen MR) is 212 cm³/mol. The van der Waals surface area contributed by atoms with Gasteiger partial charge in [-0.3, -0.25) is 9.59 Å². The van der Waals surface area contributed by atoms with Crippen molar-refractivity contribution < 1.29 is 40.3 Å². The lowest BCUT2D eigenvalue weighted by Crippen LogP contribution is -2.43. The van der Waals surface area contributed by atoms with E-state index in [4.69, 9.17) is 11.0 Å². The van der Waals surface area contributed by atoms with Crippen LogP contribution in [0.4, 0.5) is 0 Å². The predicted octanol–water partition coefficient (Wildman–Crippen LogP) is 4.63. The number of nitrogens with one attached hydrogen (secondary N) is 2. The maximum atomic E-state index is 11.9. The number of nitrogens with two attached hydrogens (primary N) is 1. The summed E-state index contributed by atoms with van der Waals surface area (Å²) in [5.41, 5.74) is 9.18. The van der Waals surface area contributed by atoms with Gasteiger partial charge in [0.1, 0.15) is 11.0 Å². The van der Waals surface area contributed by atoms with E-state index in [-0.39, 0.29) is 55.5 Å². The third-order valence-electron chi connectivity index (χ3n) is 9.26. The van der Waals surface area contributed by atoms with E-state index in [1.165, 1.54) is 0 Å².